The topological polar surface area (TPSA) is 37.2 Å². The molecular formula is C18H26ClN5S. The summed E-state index contributed by atoms with van der Waals surface area (Å²) in [5.74, 6) is 2.07. The van der Waals surface area contributed by atoms with E-state index in [0.717, 1.165) is 41.4 Å². The Morgan fingerprint density at radius 1 is 1.20 bits per heavy atom. The van der Waals surface area contributed by atoms with E-state index in [4.69, 9.17) is 11.6 Å². The van der Waals surface area contributed by atoms with Crippen LogP contribution in [0, 0.1) is 0 Å². The Labute approximate surface area is 159 Å². The molecule has 136 valence electrons. The van der Waals surface area contributed by atoms with E-state index in [-0.39, 0.29) is 0 Å². The van der Waals surface area contributed by atoms with Gasteiger partial charge in [0.2, 0.25) is 0 Å². The van der Waals surface area contributed by atoms with Crippen molar-refractivity contribution in [2.24, 2.45) is 7.05 Å². The number of thioether (sulfide) groups is 1. The summed E-state index contributed by atoms with van der Waals surface area (Å²) < 4.78 is 2.11. The molecule has 2 aromatic rings. The molecule has 0 aliphatic carbocycles. The quantitative estimate of drug-likeness (QED) is 0.658. The molecule has 0 saturated carbocycles. The first-order valence-corrected chi connectivity index (χ1v) is 10.1. The van der Waals surface area contributed by atoms with Gasteiger partial charge in [-0.25, -0.2) is 0 Å². The minimum Gasteiger partial charge on any atom is -0.308 e. The lowest BCUT2D eigenvalue weighted by Crippen LogP contribution is -2.22. The second-order valence-corrected chi connectivity index (χ2v) is 8.16. The van der Waals surface area contributed by atoms with Gasteiger partial charge in [-0.2, -0.15) is 0 Å². The molecule has 0 unspecified atom stereocenters. The lowest BCUT2D eigenvalue weighted by atomic mass is 10.2. The van der Waals surface area contributed by atoms with Gasteiger partial charge in [-0.1, -0.05) is 35.5 Å². The second kappa shape index (κ2) is 9.03. The van der Waals surface area contributed by atoms with Crippen LogP contribution >= 0.6 is 23.4 Å². The first-order valence-electron chi connectivity index (χ1n) is 8.78. The van der Waals surface area contributed by atoms with Gasteiger partial charge in [-0.3, -0.25) is 4.90 Å². The Hall–Kier alpha value is -1.08. The van der Waals surface area contributed by atoms with Gasteiger partial charge in [0.05, 0.1) is 6.54 Å². The summed E-state index contributed by atoms with van der Waals surface area (Å²) in [5.41, 5.74) is 1.21. The maximum atomic E-state index is 6.06. The highest BCUT2D eigenvalue weighted by Gasteiger charge is 2.14. The lowest BCUT2D eigenvalue weighted by Gasteiger charge is -2.16. The summed E-state index contributed by atoms with van der Waals surface area (Å²) >= 11 is 7.86. The number of hydrogen-bond acceptors (Lipinski definition) is 5. The molecule has 25 heavy (non-hydrogen) atoms. The van der Waals surface area contributed by atoms with Crippen molar-refractivity contribution in [2.45, 2.75) is 31.1 Å². The highest BCUT2D eigenvalue weighted by molar-refractivity contribution is 7.99. The van der Waals surface area contributed by atoms with Crippen LogP contribution in [0.4, 0.5) is 0 Å². The van der Waals surface area contributed by atoms with E-state index in [0.29, 0.717) is 0 Å². The minimum atomic E-state index is 0.767. The second-order valence-electron chi connectivity index (χ2n) is 6.66. The number of likely N-dealkylation sites (tertiary alicyclic amines) is 1. The van der Waals surface area contributed by atoms with E-state index in [9.17, 15) is 0 Å². The molecule has 5 nitrogen and oxygen atoms in total. The number of benzene rings is 1. The molecular weight excluding hydrogens is 354 g/mol. The summed E-state index contributed by atoms with van der Waals surface area (Å²) in [6.45, 7) is 5.24. The van der Waals surface area contributed by atoms with Crippen LogP contribution in [-0.4, -0.2) is 57.0 Å². The molecule has 1 aliphatic rings. The first kappa shape index (κ1) is 18.7. The van der Waals surface area contributed by atoms with Gasteiger partial charge in [0.25, 0.3) is 0 Å². The normalized spacial score (nSPS) is 15.4. The van der Waals surface area contributed by atoms with Crippen LogP contribution in [0.5, 0.6) is 0 Å². The largest absolute Gasteiger partial charge is 0.308 e. The molecule has 0 atom stereocenters. The Bertz CT molecular complexity index is 684. The van der Waals surface area contributed by atoms with Crippen molar-refractivity contribution >= 4 is 23.4 Å². The SMILES string of the molecule is CN(Cc1cccc(Cl)c1)Cc1nnc(SCCN2CCCC2)n1C. The van der Waals surface area contributed by atoms with Crippen LogP contribution < -0.4 is 0 Å². The molecule has 7 heteroatoms. The molecule has 1 aliphatic heterocycles. The molecule has 1 aromatic heterocycles. The van der Waals surface area contributed by atoms with Crippen molar-refractivity contribution in [2.75, 3.05) is 32.4 Å². The standard InChI is InChI=1S/C18H26ClN5S/c1-22(13-15-6-5-7-16(19)12-15)14-17-20-21-18(23(17)2)25-11-10-24-8-3-4-9-24/h5-7,12H,3-4,8-11,13-14H2,1-2H3. The molecule has 1 saturated heterocycles. The number of halogens is 1. The van der Waals surface area contributed by atoms with Crippen LogP contribution in [0.1, 0.15) is 24.2 Å². The van der Waals surface area contributed by atoms with Crippen molar-refractivity contribution in [3.63, 3.8) is 0 Å². The van der Waals surface area contributed by atoms with E-state index in [2.05, 4.69) is 44.7 Å². The summed E-state index contributed by atoms with van der Waals surface area (Å²) in [7, 11) is 4.15. The molecule has 0 amide bonds. The van der Waals surface area contributed by atoms with Crippen molar-refractivity contribution in [1.82, 2.24) is 24.6 Å². The fourth-order valence-corrected chi connectivity index (χ4v) is 4.27. The number of hydrogen-bond donors (Lipinski definition) is 0. The van der Waals surface area contributed by atoms with Crippen LogP contribution in [0.2, 0.25) is 5.02 Å². The molecule has 2 heterocycles. The summed E-state index contributed by atoms with van der Waals surface area (Å²) in [6, 6.07) is 8.00. The monoisotopic (exact) mass is 379 g/mol. The molecule has 0 N–H and O–H groups in total. The van der Waals surface area contributed by atoms with Crippen molar-refractivity contribution in [1.29, 1.82) is 0 Å². The maximum Gasteiger partial charge on any atom is 0.191 e. The average Bonchev–Trinajstić information content (AvgIpc) is 3.20. The van der Waals surface area contributed by atoms with Gasteiger partial charge in [0.1, 0.15) is 5.82 Å². The third kappa shape index (κ3) is 5.45. The van der Waals surface area contributed by atoms with Gasteiger partial charge in [0, 0.05) is 30.9 Å². The van der Waals surface area contributed by atoms with Gasteiger partial charge >= 0.3 is 0 Å². The van der Waals surface area contributed by atoms with E-state index in [1.165, 1.54) is 31.5 Å². The van der Waals surface area contributed by atoms with Crippen LogP contribution in [0.3, 0.4) is 0 Å². The zero-order chi connectivity index (χ0) is 17.6. The zero-order valence-electron chi connectivity index (χ0n) is 15.0. The minimum absolute atomic E-state index is 0.767. The Balaban J connectivity index is 1.49. The maximum absolute atomic E-state index is 6.06. The smallest absolute Gasteiger partial charge is 0.191 e. The lowest BCUT2D eigenvalue weighted by molar-refractivity contribution is 0.306. The van der Waals surface area contributed by atoms with E-state index < -0.39 is 0 Å². The number of rotatable bonds is 8. The summed E-state index contributed by atoms with van der Waals surface area (Å²) in [6.07, 6.45) is 2.69. The number of nitrogens with zero attached hydrogens (tertiary/aromatic N) is 5. The van der Waals surface area contributed by atoms with Gasteiger partial charge < -0.3 is 9.47 Å². The summed E-state index contributed by atoms with van der Waals surface area (Å²) in [4.78, 5) is 4.76. The third-order valence-electron chi connectivity index (χ3n) is 4.52. The first-order chi connectivity index (χ1) is 12.1. The van der Waals surface area contributed by atoms with Gasteiger partial charge in [0.15, 0.2) is 5.16 Å². The average molecular weight is 380 g/mol. The highest BCUT2D eigenvalue weighted by atomic mass is 35.5. The van der Waals surface area contributed by atoms with E-state index >= 15 is 0 Å². The molecule has 1 aromatic carbocycles. The van der Waals surface area contributed by atoms with E-state index in [1.54, 1.807) is 11.8 Å². The van der Waals surface area contributed by atoms with Gasteiger partial charge in [-0.15, -0.1) is 10.2 Å². The number of aromatic nitrogens is 3. The molecule has 3 rings (SSSR count). The zero-order valence-corrected chi connectivity index (χ0v) is 16.6. The summed E-state index contributed by atoms with van der Waals surface area (Å²) in [5, 5.41) is 10.5. The van der Waals surface area contributed by atoms with E-state index in [1.807, 2.05) is 18.2 Å². The molecule has 0 bridgehead atoms. The fraction of sp³-hybridized carbons (Fsp3) is 0.556. The van der Waals surface area contributed by atoms with Crippen LogP contribution in [-0.2, 0) is 20.1 Å². The third-order valence-corrected chi connectivity index (χ3v) is 5.75. The van der Waals surface area contributed by atoms with Gasteiger partial charge in [-0.05, 0) is 50.7 Å². The predicted octanol–water partition coefficient (Wildman–Crippen LogP) is 3.29. The molecule has 0 spiro atoms. The Morgan fingerprint density at radius 2 is 2.00 bits per heavy atom. The van der Waals surface area contributed by atoms with Crippen molar-refractivity contribution < 1.29 is 0 Å². The van der Waals surface area contributed by atoms with Crippen LogP contribution in [0.15, 0.2) is 29.4 Å². The molecule has 1 fully saturated rings. The van der Waals surface area contributed by atoms with Crippen LogP contribution in [0.25, 0.3) is 0 Å². The fourth-order valence-electron chi connectivity index (χ4n) is 3.13. The molecule has 0 radical (unpaired) electrons. The Kier molecular flexibility index (Phi) is 6.76. The van der Waals surface area contributed by atoms with Crippen molar-refractivity contribution in [3.8, 4) is 0 Å². The highest BCUT2D eigenvalue weighted by Crippen LogP contribution is 2.18. The van der Waals surface area contributed by atoms with Crippen molar-refractivity contribution in [3.05, 3.63) is 40.7 Å². The Morgan fingerprint density at radius 3 is 2.76 bits per heavy atom. The predicted molar refractivity (Wildman–Crippen MR) is 104 cm³/mol.